The third-order valence-electron chi connectivity index (χ3n) is 16.9. The third kappa shape index (κ3) is 5.94. The van der Waals surface area contributed by atoms with Crippen molar-refractivity contribution in [2.75, 3.05) is 13.1 Å². The number of hydrogen-bond donors (Lipinski definition) is 3. The molecule has 0 aromatic carbocycles. The Morgan fingerprint density at radius 3 is 2.20 bits per heavy atom. The van der Waals surface area contributed by atoms with Crippen LogP contribution in [0, 0.1) is 62.1 Å². The summed E-state index contributed by atoms with van der Waals surface area (Å²) in [7, 11) is 0. The number of carboxylic acid groups (broad SMARTS) is 1. The number of rotatable bonds is 9. The minimum atomic E-state index is -0.887. The lowest BCUT2D eigenvalue weighted by atomic mass is 9.32. The summed E-state index contributed by atoms with van der Waals surface area (Å²) in [5, 5.41) is 16.6. The standard InChI is InChI=1S/C43H70N2O4/c1-27(2)30-13-20-43(26-35(46)45-29-16-23-44-24-17-29)22-21-41(9)31(36(30)43)11-12-33-40(8)18-15-34(49-28(3)25-38(4,5)37(47)48)39(6,7)32(40)14-19-42(33,41)10/h29-34,36,44H,1,3,11-26H2,2,4-10H3,(H,45,46)(H,47,48)/t30-,31+,32-,33+,34?,36+,40-,41+,42?,43+/m0/s1. The van der Waals surface area contributed by atoms with Crippen LogP contribution >= 0.6 is 0 Å². The first-order chi connectivity index (χ1) is 22.8. The molecule has 0 aromatic rings. The van der Waals surface area contributed by atoms with E-state index in [1.165, 1.54) is 56.9 Å². The monoisotopic (exact) mass is 679 g/mol. The number of carbonyl (C=O) groups excluding carboxylic acids is 1. The maximum Gasteiger partial charge on any atom is 0.309 e. The van der Waals surface area contributed by atoms with Crippen LogP contribution in [-0.2, 0) is 14.3 Å². The fourth-order valence-corrected chi connectivity index (χ4v) is 14.2. The van der Waals surface area contributed by atoms with Crippen LogP contribution in [0.2, 0.25) is 0 Å². The number of aliphatic carboxylic acids is 1. The second-order valence-electron chi connectivity index (χ2n) is 20.2. The number of hydrogen-bond acceptors (Lipinski definition) is 4. The minimum absolute atomic E-state index is 0.0254. The van der Waals surface area contributed by atoms with E-state index in [-0.39, 0.29) is 33.2 Å². The number of carboxylic acids is 1. The van der Waals surface area contributed by atoms with Crippen molar-refractivity contribution in [3.05, 3.63) is 24.5 Å². The molecule has 5 aliphatic carbocycles. The molecule has 0 spiro atoms. The van der Waals surface area contributed by atoms with Crippen molar-refractivity contribution in [3.8, 4) is 0 Å². The molecule has 1 amide bonds. The largest absolute Gasteiger partial charge is 0.495 e. The fraction of sp³-hybridized carbons (Fsp3) is 0.860. The van der Waals surface area contributed by atoms with E-state index in [1.54, 1.807) is 13.8 Å². The van der Waals surface area contributed by atoms with Crippen molar-refractivity contribution in [2.24, 2.45) is 62.1 Å². The van der Waals surface area contributed by atoms with E-state index in [0.717, 1.165) is 38.8 Å². The van der Waals surface area contributed by atoms with Gasteiger partial charge in [0.2, 0.25) is 5.91 Å². The van der Waals surface area contributed by atoms with E-state index in [0.29, 0.717) is 60.1 Å². The van der Waals surface area contributed by atoms with E-state index >= 15 is 0 Å². The molecular formula is C43H70N2O4. The number of amides is 1. The number of allylic oxidation sites excluding steroid dienone is 2. The van der Waals surface area contributed by atoms with Gasteiger partial charge in [0.15, 0.2) is 0 Å². The van der Waals surface area contributed by atoms with Crippen LogP contribution in [0.1, 0.15) is 145 Å². The summed E-state index contributed by atoms with van der Waals surface area (Å²) < 4.78 is 6.62. The van der Waals surface area contributed by atoms with Crippen LogP contribution in [0.5, 0.6) is 0 Å². The summed E-state index contributed by atoms with van der Waals surface area (Å²) in [5.74, 6) is 3.01. The molecule has 5 saturated carbocycles. The zero-order valence-electron chi connectivity index (χ0n) is 32.4. The molecule has 3 N–H and O–H groups in total. The Morgan fingerprint density at radius 1 is 0.857 bits per heavy atom. The molecule has 6 rings (SSSR count). The molecule has 6 aliphatic rings. The Hall–Kier alpha value is -1.82. The van der Waals surface area contributed by atoms with Crippen LogP contribution in [0.25, 0.3) is 0 Å². The quantitative estimate of drug-likeness (QED) is 0.167. The molecule has 2 unspecified atom stereocenters. The lowest BCUT2D eigenvalue weighted by Gasteiger charge is -2.73. The number of ether oxygens (including phenoxy) is 1. The summed E-state index contributed by atoms with van der Waals surface area (Å²) in [6, 6.07) is 0.320. The lowest BCUT2D eigenvalue weighted by Crippen LogP contribution is -2.66. The summed E-state index contributed by atoms with van der Waals surface area (Å²) in [6.45, 7) is 29.4. The second kappa shape index (κ2) is 12.7. The zero-order valence-corrected chi connectivity index (χ0v) is 32.4. The molecule has 0 aromatic heterocycles. The van der Waals surface area contributed by atoms with Crippen molar-refractivity contribution in [3.63, 3.8) is 0 Å². The van der Waals surface area contributed by atoms with E-state index < -0.39 is 11.4 Å². The summed E-state index contributed by atoms with van der Waals surface area (Å²) in [6.07, 6.45) is 15.1. The predicted octanol–water partition coefficient (Wildman–Crippen LogP) is 9.30. The van der Waals surface area contributed by atoms with Gasteiger partial charge < -0.3 is 20.5 Å². The van der Waals surface area contributed by atoms with Gasteiger partial charge in [0, 0.05) is 24.3 Å². The van der Waals surface area contributed by atoms with Crippen molar-refractivity contribution >= 4 is 11.9 Å². The molecule has 1 saturated heterocycles. The van der Waals surface area contributed by atoms with Crippen LogP contribution in [0.4, 0.5) is 0 Å². The minimum Gasteiger partial charge on any atom is -0.495 e. The summed E-state index contributed by atoms with van der Waals surface area (Å²) in [4.78, 5) is 25.6. The van der Waals surface area contributed by atoms with Gasteiger partial charge in [-0.15, -0.1) is 0 Å². The van der Waals surface area contributed by atoms with Crippen LogP contribution < -0.4 is 10.6 Å². The van der Waals surface area contributed by atoms with Gasteiger partial charge in [-0.1, -0.05) is 53.3 Å². The normalized spacial score (nSPS) is 43.3. The highest BCUT2D eigenvalue weighted by Gasteiger charge is 2.71. The van der Waals surface area contributed by atoms with Gasteiger partial charge in [-0.25, -0.2) is 0 Å². The van der Waals surface area contributed by atoms with Gasteiger partial charge in [-0.05, 0) is 162 Å². The van der Waals surface area contributed by atoms with Crippen molar-refractivity contribution in [1.82, 2.24) is 10.6 Å². The zero-order chi connectivity index (χ0) is 35.8. The van der Waals surface area contributed by atoms with Gasteiger partial charge >= 0.3 is 5.97 Å². The van der Waals surface area contributed by atoms with E-state index in [2.05, 4.69) is 65.3 Å². The highest BCUT2D eigenvalue weighted by molar-refractivity contribution is 5.77. The first-order valence-electron chi connectivity index (χ1n) is 20.0. The van der Waals surface area contributed by atoms with Crippen molar-refractivity contribution in [1.29, 1.82) is 0 Å². The molecule has 6 nitrogen and oxygen atoms in total. The maximum atomic E-state index is 13.8. The molecule has 10 atom stereocenters. The first kappa shape index (κ1) is 37.0. The number of carbonyl (C=O) groups is 2. The highest BCUT2D eigenvalue weighted by Crippen LogP contribution is 2.78. The van der Waals surface area contributed by atoms with E-state index in [1.807, 2.05) is 0 Å². The number of nitrogens with one attached hydrogen (secondary N) is 2. The van der Waals surface area contributed by atoms with Gasteiger partial charge in [-0.3, -0.25) is 9.59 Å². The molecule has 1 heterocycles. The Bertz CT molecular complexity index is 1330. The Morgan fingerprint density at radius 2 is 1.55 bits per heavy atom. The fourth-order valence-electron chi connectivity index (χ4n) is 14.2. The molecule has 6 heteroatoms. The SMILES string of the molecule is C=C(CC(C)(C)C(=O)O)OC1CC[C@@]2(C)[C@@H](CCC3(C)[C@@H]2CC[C@@H]2[C@H]4[C@H](C(=C)C)CC[C@]4(CC(=O)NC4CCNCC4)CC[C@]23C)C1(C)C. The van der Waals surface area contributed by atoms with Gasteiger partial charge in [0.1, 0.15) is 6.10 Å². The molecule has 6 fully saturated rings. The molecule has 276 valence electrons. The Balaban J connectivity index is 1.23. The molecular weight excluding hydrogens is 608 g/mol. The highest BCUT2D eigenvalue weighted by atomic mass is 16.5. The lowest BCUT2D eigenvalue weighted by molar-refractivity contribution is -0.249. The smallest absolute Gasteiger partial charge is 0.309 e. The average Bonchev–Trinajstić information content (AvgIpc) is 3.38. The molecule has 0 bridgehead atoms. The summed E-state index contributed by atoms with van der Waals surface area (Å²) in [5.41, 5.74) is 1.26. The van der Waals surface area contributed by atoms with Gasteiger partial charge in [-0.2, -0.15) is 0 Å². The topological polar surface area (TPSA) is 87.7 Å². The predicted molar refractivity (Wildman–Crippen MR) is 198 cm³/mol. The van der Waals surface area contributed by atoms with Crippen LogP contribution in [-0.4, -0.2) is 42.2 Å². The molecule has 49 heavy (non-hydrogen) atoms. The summed E-state index contributed by atoms with van der Waals surface area (Å²) >= 11 is 0. The Kier molecular flexibility index (Phi) is 9.57. The van der Waals surface area contributed by atoms with Crippen LogP contribution in [0.15, 0.2) is 24.5 Å². The molecule has 0 radical (unpaired) electrons. The number of piperidine rings is 1. The van der Waals surface area contributed by atoms with Gasteiger partial charge in [0.05, 0.1) is 11.2 Å². The van der Waals surface area contributed by atoms with Crippen molar-refractivity contribution < 1.29 is 19.4 Å². The first-order valence-corrected chi connectivity index (χ1v) is 20.0. The van der Waals surface area contributed by atoms with E-state index in [4.69, 9.17) is 4.74 Å². The van der Waals surface area contributed by atoms with Gasteiger partial charge in [0.25, 0.3) is 0 Å². The maximum absolute atomic E-state index is 13.8. The third-order valence-corrected chi connectivity index (χ3v) is 16.9. The van der Waals surface area contributed by atoms with E-state index in [9.17, 15) is 14.7 Å². The average molecular weight is 679 g/mol. The second-order valence-corrected chi connectivity index (χ2v) is 20.2. The number of fused-ring (bicyclic) bond motifs is 7. The van der Waals surface area contributed by atoms with Crippen molar-refractivity contribution in [2.45, 2.75) is 157 Å². The van der Waals surface area contributed by atoms with Crippen LogP contribution in [0.3, 0.4) is 0 Å². The Labute approximate surface area is 298 Å². The molecule has 1 aliphatic heterocycles.